The van der Waals surface area contributed by atoms with E-state index in [1.165, 1.54) is 7.11 Å². The van der Waals surface area contributed by atoms with Crippen molar-refractivity contribution in [1.82, 2.24) is 14.9 Å². The van der Waals surface area contributed by atoms with Gasteiger partial charge in [-0.1, -0.05) is 24.2 Å². The topological polar surface area (TPSA) is 99.2 Å². The number of fused-ring (bicyclic) bond motifs is 1. The minimum absolute atomic E-state index is 0.0579. The number of hydrogen-bond donors (Lipinski definition) is 1. The molecule has 4 aromatic rings. The van der Waals surface area contributed by atoms with Crippen LogP contribution in [0.5, 0.6) is 5.75 Å². The summed E-state index contributed by atoms with van der Waals surface area (Å²) < 4.78 is 40.8. The Morgan fingerprint density at radius 3 is 2.69 bits per heavy atom. The lowest BCUT2D eigenvalue weighted by Crippen LogP contribution is -2.15. The van der Waals surface area contributed by atoms with Gasteiger partial charge < -0.3 is 9.26 Å². The van der Waals surface area contributed by atoms with Crippen LogP contribution in [0.4, 0.5) is 5.82 Å². The molecule has 150 valence electrons. The van der Waals surface area contributed by atoms with Crippen molar-refractivity contribution >= 4 is 26.8 Å². The van der Waals surface area contributed by atoms with Gasteiger partial charge in [-0.2, -0.15) is 5.10 Å². The quantitative estimate of drug-likeness (QED) is 0.519. The molecule has 0 saturated heterocycles. The van der Waals surface area contributed by atoms with Gasteiger partial charge in [0.05, 0.1) is 18.7 Å². The number of ether oxygens (including phenoxy) is 1. The van der Waals surface area contributed by atoms with Gasteiger partial charge in [0.15, 0.2) is 11.4 Å². The Balaban J connectivity index is 1.71. The maximum atomic E-state index is 13.0. The minimum atomic E-state index is -3.92. The first-order valence-electron chi connectivity index (χ1n) is 8.99. The van der Waals surface area contributed by atoms with Crippen molar-refractivity contribution in [2.45, 2.75) is 18.2 Å². The highest BCUT2D eigenvalue weighted by Crippen LogP contribution is 2.31. The van der Waals surface area contributed by atoms with E-state index in [9.17, 15) is 8.42 Å². The summed E-state index contributed by atoms with van der Waals surface area (Å²) in [4.78, 5) is 0.0579. The molecule has 0 bridgehead atoms. The first kappa shape index (κ1) is 19.0. The SMILES string of the molecule is CCc1ccc(OC)c(S(=O)(=O)Nc2noc3cc(-c4cnn(C)c4)ccc23)c1. The number of nitrogens with one attached hydrogen (secondary N) is 1. The molecule has 9 heteroatoms. The van der Waals surface area contributed by atoms with Crippen LogP contribution in [0.2, 0.25) is 0 Å². The monoisotopic (exact) mass is 412 g/mol. The van der Waals surface area contributed by atoms with Gasteiger partial charge in [0, 0.05) is 18.8 Å². The van der Waals surface area contributed by atoms with Crippen LogP contribution < -0.4 is 9.46 Å². The fourth-order valence-electron chi connectivity index (χ4n) is 3.09. The third-order valence-electron chi connectivity index (χ3n) is 4.67. The van der Waals surface area contributed by atoms with E-state index in [-0.39, 0.29) is 16.5 Å². The van der Waals surface area contributed by atoms with Gasteiger partial charge in [0.2, 0.25) is 0 Å². The zero-order valence-electron chi connectivity index (χ0n) is 16.2. The van der Waals surface area contributed by atoms with Crippen molar-refractivity contribution < 1.29 is 17.7 Å². The van der Waals surface area contributed by atoms with Gasteiger partial charge in [-0.25, -0.2) is 8.42 Å². The Bertz CT molecular complexity index is 1290. The highest BCUT2D eigenvalue weighted by Gasteiger charge is 2.23. The molecule has 0 aliphatic carbocycles. The lowest BCUT2D eigenvalue weighted by atomic mass is 10.1. The average molecular weight is 412 g/mol. The Kier molecular flexibility index (Phi) is 4.75. The lowest BCUT2D eigenvalue weighted by molar-refractivity contribution is 0.402. The molecule has 0 amide bonds. The normalized spacial score (nSPS) is 11.7. The molecule has 0 unspecified atom stereocenters. The zero-order valence-corrected chi connectivity index (χ0v) is 17.0. The Morgan fingerprint density at radius 2 is 2.00 bits per heavy atom. The van der Waals surface area contributed by atoms with Crippen molar-refractivity contribution in [2.24, 2.45) is 7.05 Å². The number of hydrogen-bond acceptors (Lipinski definition) is 6. The number of rotatable bonds is 6. The molecular formula is C20H20N4O4S. The largest absolute Gasteiger partial charge is 0.495 e. The van der Waals surface area contributed by atoms with Crippen LogP contribution in [0.3, 0.4) is 0 Å². The third kappa shape index (κ3) is 3.56. The van der Waals surface area contributed by atoms with Crippen molar-refractivity contribution in [1.29, 1.82) is 0 Å². The molecule has 8 nitrogen and oxygen atoms in total. The summed E-state index contributed by atoms with van der Waals surface area (Å²) >= 11 is 0. The molecule has 1 N–H and O–H groups in total. The molecule has 2 aromatic heterocycles. The van der Waals surface area contributed by atoms with Crippen LogP contribution in [0.15, 0.2) is 58.2 Å². The number of aromatic nitrogens is 3. The van der Waals surface area contributed by atoms with Crippen LogP contribution in [0, 0.1) is 0 Å². The maximum Gasteiger partial charge on any atom is 0.266 e. The predicted octanol–water partition coefficient (Wildman–Crippen LogP) is 3.60. The molecule has 0 fully saturated rings. The highest BCUT2D eigenvalue weighted by molar-refractivity contribution is 7.92. The Morgan fingerprint density at radius 1 is 1.17 bits per heavy atom. The number of aryl methyl sites for hydroxylation is 2. The van der Waals surface area contributed by atoms with E-state index in [0.717, 1.165) is 16.7 Å². The molecule has 0 saturated carbocycles. The number of nitrogens with zero attached hydrogens (tertiary/aromatic N) is 3. The number of anilines is 1. The summed E-state index contributed by atoms with van der Waals surface area (Å²) in [5.41, 5.74) is 3.18. The summed E-state index contributed by atoms with van der Waals surface area (Å²) in [5, 5.41) is 8.64. The standard InChI is InChI=1S/C20H20N4O4S/c1-4-13-5-8-17(27-3)19(9-13)29(25,26)23-20-16-7-6-14(10-18(16)28-22-20)15-11-21-24(2)12-15/h5-12H,4H2,1-3H3,(H,22,23). The maximum absolute atomic E-state index is 13.0. The van der Waals surface area contributed by atoms with Gasteiger partial charge in [-0.05, 0) is 41.8 Å². The second-order valence-electron chi connectivity index (χ2n) is 6.59. The summed E-state index contributed by atoms with van der Waals surface area (Å²) in [6.45, 7) is 1.95. The van der Waals surface area contributed by atoms with Crippen LogP contribution in [0.1, 0.15) is 12.5 Å². The number of methoxy groups -OCH3 is 1. The minimum Gasteiger partial charge on any atom is -0.495 e. The van der Waals surface area contributed by atoms with Gasteiger partial charge in [-0.15, -0.1) is 0 Å². The van der Waals surface area contributed by atoms with E-state index in [4.69, 9.17) is 9.26 Å². The van der Waals surface area contributed by atoms with E-state index >= 15 is 0 Å². The molecule has 0 radical (unpaired) electrons. The first-order valence-corrected chi connectivity index (χ1v) is 10.5. The second kappa shape index (κ2) is 7.25. The summed E-state index contributed by atoms with van der Waals surface area (Å²) in [5.74, 6) is 0.392. The van der Waals surface area contributed by atoms with Crippen LogP contribution in [0.25, 0.3) is 22.1 Å². The fraction of sp³-hybridized carbons (Fsp3) is 0.200. The van der Waals surface area contributed by atoms with Crippen molar-refractivity contribution in [3.05, 3.63) is 54.4 Å². The van der Waals surface area contributed by atoms with E-state index < -0.39 is 10.0 Å². The van der Waals surface area contributed by atoms with E-state index in [2.05, 4.69) is 15.0 Å². The van der Waals surface area contributed by atoms with Crippen LogP contribution in [-0.2, 0) is 23.5 Å². The molecule has 4 rings (SSSR count). The highest BCUT2D eigenvalue weighted by atomic mass is 32.2. The molecule has 29 heavy (non-hydrogen) atoms. The van der Waals surface area contributed by atoms with Gasteiger partial charge in [-0.3, -0.25) is 9.40 Å². The number of sulfonamides is 1. The smallest absolute Gasteiger partial charge is 0.266 e. The summed E-state index contributed by atoms with van der Waals surface area (Å²) in [6, 6.07) is 10.5. The van der Waals surface area contributed by atoms with Gasteiger partial charge in [0.1, 0.15) is 10.6 Å². The fourth-order valence-corrected chi connectivity index (χ4v) is 4.33. The van der Waals surface area contributed by atoms with Crippen LogP contribution >= 0.6 is 0 Å². The predicted molar refractivity (Wildman–Crippen MR) is 109 cm³/mol. The van der Waals surface area contributed by atoms with E-state index in [1.54, 1.807) is 35.1 Å². The van der Waals surface area contributed by atoms with Crippen LogP contribution in [-0.4, -0.2) is 30.5 Å². The summed E-state index contributed by atoms with van der Waals surface area (Å²) in [6.07, 6.45) is 4.33. The first-order chi connectivity index (χ1) is 13.9. The zero-order chi connectivity index (χ0) is 20.6. The third-order valence-corrected chi connectivity index (χ3v) is 6.03. The van der Waals surface area contributed by atoms with E-state index in [1.807, 2.05) is 32.3 Å². The lowest BCUT2D eigenvalue weighted by Gasteiger charge is -2.11. The molecule has 0 aliphatic heterocycles. The molecule has 0 aliphatic rings. The van der Waals surface area contributed by atoms with Crippen molar-refractivity contribution in [3.63, 3.8) is 0 Å². The van der Waals surface area contributed by atoms with Gasteiger partial charge >= 0.3 is 0 Å². The van der Waals surface area contributed by atoms with E-state index in [0.29, 0.717) is 17.4 Å². The summed E-state index contributed by atoms with van der Waals surface area (Å²) in [7, 11) is -0.645. The molecule has 0 atom stereocenters. The Hall–Kier alpha value is -3.33. The molecule has 2 heterocycles. The average Bonchev–Trinajstić information content (AvgIpc) is 3.33. The second-order valence-corrected chi connectivity index (χ2v) is 8.24. The number of benzene rings is 2. The Labute approximate surface area is 168 Å². The van der Waals surface area contributed by atoms with Crippen molar-refractivity contribution in [2.75, 3.05) is 11.8 Å². The molecule has 0 spiro atoms. The van der Waals surface area contributed by atoms with Crippen molar-refractivity contribution in [3.8, 4) is 16.9 Å². The van der Waals surface area contributed by atoms with Gasteiger partial charge in [0.25, 0.3) is 10.0 Å². The molecular weight excluding hydrogens is 392 g/mol. The molecule has 2 aromatic carbocycles.